The second-order valence-corrected chi connectivity index (χ2v) is 8.88. The van der Waals surface area contributed by atoms with E-state index in [1.54, 1.807) is 4.98 Å². The lowest BCUT2D eigenvalue weighted by Crippen LogP contribution is -2.65. The summed E-state index contributed by atoms with van der Waals surface area (Å²) in [5.74, 6) is -3.44. The van der Waals surface area contributed by atoms with E-state index < -0.39 is 73.1 Å². The van der Waals surface area contributed by atoms with Crippen LogP contribution in [-0.2, 0) is 25.0 Å². The highest BCUT2D eigenvalue weighted by molar-refractivity contribution is 7.86. The third kappa shape index (κ3) is 4.11. The van der Waals surface area contributed by atoms with E-state index in [0.29, 0.717) is 4.57 Å². The van der Waals surface area contributed by atoms with Crippen molar-refractivity contribution in [2.24, 2.45) is 0 Å². The van der Waals surface area contributed by atoms with Crippen molar-refractivity contribution in [2.45, 2.75) is 23.5 Å². The van der Waals surface area contributed by atoms with Gasteiger partial charge in [0.2, 0.25) is 0 Å². The lowest BCUT2D eigenvalue weighted by Gasteiger charge is -2.39. The Morgan fingerprint density at radius 1 is 1.07 bits per heavy atom. The molecule has 1 aromatic rings. The van der Waals surface area contributed by atoms with E-state index in [9.17, 15) is 41.7 Å². The van der Waals surface area contributed by atoms with Crippen LogP contribution in [0.2, 0.25) is 0 Å². The first-order chi connectivity index (χ1) is 12.1. The van der Waals surface area contributed by atoms with Gasteiger partial charge in [0.15, 0.2) is 11.8 Å². The summed E-state index contributed by atoms with van der Waals surface area (Å²) in [5, 5.41) is 31.0. The number of nitrogens with zero attached hydrogens (tertiary/aromatic N) is 1. The van der Waals surface area contributed by atoms with Crippen LogP contribution in [0.3, 0.4) is 0 Å². The fourth-order valence-corrected chi connectivity index (χ4v) is 4.89. The smallest absolute Gasteiger partial charge is 0.330 e. The topological polar surface area (TPSA) is 234 Å². The summed E-state index contributed by atoms with van der Waals surface area (Å²) in [7, 11) is -10.2. The molecule has 1 fully saturated rings. The largest absolute Gasteiger partial charge is 0.394 e. The molecule has 0 saturated carbocycles. The number of H-pyrrole nitrogens is 1. The van der Waals surface area contributed by atoms with Crippen LogP contribution >= 0.6 is 0 Å². The van der Waals surface area contributed by atoms with Crippen molar-refractivity contribution in [1.82, 2.24) is 9.55 Å². The monoisotopic (exact) mass is 432 g/mol. The Labute approximate surface area is 151 Å². The summed E-state index contributed by atoms with van der Waals surface area (Å²) < 4.78 is 69.0. The zero-order valence-electron chi connectivity index (χ0n) is 13.3. The van der Waals surface area contributed by atoms with E-state index in [0.717, 1.165) is 12.3 Å². The number of hydrogen-bond donors (Lipinski definition) is 6. The van der Waals surface area contributed by atoms with Gasteiger partial charge in [0.1, 0.15) is 23.2 Å². The highest BCUT2D eigenvalue weighted by Crippen LogP contribution is 2.46. The van der Waals surface area contributed by atoms with Crippen LogP contribution < -0.4 is 11.2 Å². The van der Waals surface area contributed by atoms with E-state index in [-0.39, 0.29) is 0 Å². The van der Waals surface area contributed by atoms with Gasteiger partial charge in [-0.3, -0.25) is 23.5 Å². The Balaban J connectivity index is 2.76. The number of aromatic amines is 1. The number of aliphatic hydroxyl groups is 3. The molecule has 2 heterocycles. The van der Waals surface area contributed by atoms with Crippen molar-refractivity contribution < 1.29 is 46.0 Å². The average Bonchev–Trinajstić information content (AvgIpc) is 2.64. The summed E-state index contributed by atoms with van der Waals surface area (Å²) in [6, 6.07) is 0.771. The molecular formula is C11H16N2O12S2. The maximum atomic E-state index is 12.0. The minimum absolute atomic E-state index is 0.414. The van der Waals surface area contributed by atoms with Crippen LogP contribution in [-0.4, -0.2) is 86.2 Å². The molecule has 1 aromatic heterocycles. The number of aromatic nitrogens is 2. The molecule has 0 amide bonds. The van der Waals surface area contributed by atoms with Gasteiger partial charge in [0, 0.05) is 12.3 Å². The van der Waals surface area contributed by atoms with Crippen LogP contribution in [0.15, 0.2) is 21.9 Å². The molecule has 0 aliphatic carbocycles. The van der Waals surface area contributed by atoms with Gasteiger partial charge in [0.05, 0.1) is 6.61 Å². The van der Waals surface area contributed by atoms with Crippen molar-refractivity contribution in [2.75, 3.05) is 18.1 Å². The predicted octanol–water partition coefficient (Wildman–Crippen LogP) is -4.34. The van der Waals surface area contributed by atoms with Gasteiger partial charge in [0.25, 0.3) is 25.8 Å². The lowest BCUT2D eigenvalue weighted by molar-refractivity contribution is -0.132. The van der Waals surface area contributed by atoms with Crippen LogP contribution in [0, 0.1) is 0 Å². The molecule has 1 aliphatic rings. The molecule has 14 nitrogen and oxygen atoms in total. The summed E-state index contributed by atoms with van der Waals surface area (Å²) in [6.45, 7) is -1.17. The zero-order chi connectivity index (χ0) is 20.8. The molecule has 4 atom stereocenters. The Hall–Kier alpha value is -1.66. The molecule has 1 aliphatic heterocycles. The van der Waals surface area contributed by atoms with Gasteiger partial charge in [-0.15, -0.1) is 0 Å². The van der Waals surface area contributed by atoms with Crippen molar-refractivity contribution in [3.05, 3.63) is 33.1 Å². The minimum Gasteiger partial charge on any atom is -0.394 e. The second kappa shape index (κ2) is 6.74. The average molecular weight is 432 g/mol. The van der Waals surface area contributed by atoms with E-state index in [1.165, 1.54) is 0 Å². The maximum absolute atomic E-state index is 12.0. The van der Waals surface area contributed by atoms with E-state index in [2.05, 4.69) is 0 Å². The molecule has 1 saturated heterocycles. The molecule has 0 unspecified atom stereocenters. The van der Waals surface area contributed by atoms with Gasteiger partial charge in [-0.05, 0) is 0 Å². The van der Waals surface area contributed by atoms with E-state index in [1.807, 2.05) is 0 Å². The first kappa shape index (κ1) is 21.6. The third-order valence-electron chi connectivity index (χ3n) is 4.06. The molecule has 0 bridgehead atoms. The minimum atomic E-state index is -5.12. The summed E-state index contributed by atoms with van der Waals surface area (Å²) in [4.78, 5) is 24.9. The first-order valence-corrected chi connectivity index (χ1v) is 10.3. The highest BCUT2D eigenvalue weighted by atomic mass is 32.2. The molecular weight excluding hydrogens is 416 g/mol. The Kier molecular flexibility index (Phi) is 5.40. The summed E-state index contributed by atoms with van der Waals surface area (Å²) in [5.41, 5.74) is -8.54. The lowest BCUT2D eigenvalue weighted by atomic mass is 9.82. The van der Waals surface area contributed by atoms with Crippen LogP contribution in [0.1, 0.15) is 6.23 Å². The SMILES string of the molecule is O=c1ccn([C@@H]2O[C@H](CO)[C@](O)(CS(=O)(=O)O)[C@]2(O)CS(=O)(=O)O)c(=O)[nH]1. The standard InChI is InChI=1S/C11H16N2O12S2/c14-3-6-10(17,4-26(19,20)21)11(18,5-27(22,23)24)8(25-6)13-2-1-7(15)12-9(13)16/h1-2,6,8,14,17-18H,3-5H2,(H,12,15,16)(H,19,20,21)(H,22,23,24)/t6-,8-,10-,11+/m1/s1. The molecule has 154 valence electrons. The second-order valence-electron chi connectivity index (χ2n) is 5.98. The molecule has 6 N–H and O–H groups in total. The first-order valence-electron chi connectivity index (χ1n) is 7.06. The Morgan fingerprint density at radius 3 is 2.04 bits per heavy atom. The number of rotatable bonds is 6. The van der Waals surface area contributed by atoms with Crippen LogP contribution in [0.25, 0.3) is 0 Å². The molecule has 27 heavy (non-hydrogen) atoms. The summed E-state index contributed by atoms with van der Waals surface area (Å²) in [6.07, 6.45) is -3.43. The molecule has 2 rings (SSSR count). The molecule has 0 radical (unpaired) electrons. The molecule has 0 spiro atoms. The quantitative estimate of drug-likeness (QED) is 0.234. The third-order valence-corrected chi connectivity index (χ3v) is 5.67. The van der Waals surface area contributed by atoms with Gasteiger partial charge in [-0.2, -0.15) is 16.8 Å². The fraction of sp³-hybridized carbons (Fsp3) is 0.636. The van der Waals surface area contributed by atoms with E-state index in [4.69, 9.17) is 13.8 Å². The number of hydrogen-bond acceptors (Lipinski definition) is 10. The van der Waals surface area contributed by atoms with Gasteiger partial charge >= 0.3 is 5.69 Å². The Morgan fingerprint density at radius 2 is 1.59 bits per heavy atom. The molecule has 0 aromatic carbocycles. The summed E-state index contributed by atoms with van der Waals surface area (Å²) >= 11 is 0. The number of aliphatic hydroxyl groups excluding tert-OH is 1. The van der Waals surface area contributed by atoms with Crippen molar-refractivity contribution in [1.29, 1.82) is 0 Å². The van der Waals surface area contributed by atoms with Crippen molar-refractivity contribution in [3.63, 3.8) is 0 Å². The van der Waals surface area contributed by atoms with Gasteiger partial charge < -0.3 is 20.1 Å². The van der Waals surface area contributed by atoms with Crippen LogP contribution in [0.5, 0.6) is 0 Å². The highest BCUT2D eigenvalue weighted by Gasteiger charge is 2.69. The van der Waals surface area contributed by atoms with Gasteiger partial charge in [-0.25, -0.2) is 4.79 Å². The number of ether oxygens (including phenoxy) is 1. The molecule has 16 heteroatoms. The zero-order valence-corrected chi connectivity index (χ0v) is 14.9. The normalized spacial score (nSPS) is 31.9. The van der Waals surface area contributed by atoms with Crippen LogP contribution in [0.4, 0.5) is 0 Å². The van der Waals surface area contributed by atoms with Crippen molar-refractivity contribution in [3.8, 4) is 0 Å². The fourth-order valence-electron chi connectivity index (χ4n) is 2.95. The maximum Gasteiger partial charge on any atom is 0.330 e. The van der Waals surface area contributed by atoms with Crippen molar-refractivity contribution >= 4 is 20.2 Å². The van der Waals surface area contributed by atoms with Gasteiger partial charge in [-0.1, -0.05) is 0 Å². The Bertz CT molecular complexity index is 1040. The van der Waals surface area contributed by atoms with E-state index >= 15 is 0 Å². The predicted molar refractivity (Wildman–Crippen MR) is 85.0 cm³/mol. The number of nitrogens with one attached hydrogen (secondary N) is 1.